The van der Waals surface area contributed by atoms with Gasteiger partial charge in [-0.15, -0.1) is 0 Å². The first-order chi connectivity index (χ1) is 12.6. The molecule has 0 spiro atoms. The first-order valence-electron chi connectivity index (χ1n) is 8.24. The zero-order valence-corrected chi connectivity index (χ0v) is 15.3. The molecule has 0 fully saturated rings. The molecule has 2 aromatic rings. The Labute approximate surface area is 157 Å². The first-order valence-corrected chi connectivity index (χ1v) is 8.62. The van der Waals surface area contributed by atoms with Gasteiger partial charge >= 0.3 is 0 Å². The van der Waals surface area contributed by atoms with E-state index in [1.165, 1.54) is 13.2 Å². The van der Waals surface area contributed by atoms with Gasteiger partial charge in [-0.2, -0.15) is 0 Å². The molecule has 0 aliphatic carbocycles. The lowest BCUT2D eigenvalue weighted by Gasteiger charge is -2.18. The quantitative estimate of drug-likeness (QED) is 0.553. The topological polar surface area (TPSA) is 54.0 Å². The SMILES string of the molecule is CCOc1cc(C=CC(=O)c2ccc3c(c2)OCCO3)cc(Cl)c1OC. The van der Waals surface area contributed by atoms with E-state index < -0.39 is 0 Å². The van der Waals surface area contributed by atoms with Crippen LogP contribution in [0.25, 0.3) is 6.08 Å². The highest BCUT2D eigenvalue weighted by atomic mass is 35.5. The second-order valence-corrected chi connectivity index (χ2v) is 5.93. The molecule has 6 heteroatoms. The molecule has 136 valence electrons. The maximum absolute atomic E-state index is 12.5. The molecule has 0 unspecified atom stereocenters. The molecule has 5 nitrogen and oxygen atoms in total. The third kappa shape index (κ3) is 3.94. The summed E-state index contributed by atoms with van der Waals surface area (Å²) in [6, 6.07) is 8.64. The van der Waals surface area contributed by atoms with Crippen molar-refractivity contribution >= 4 is 23.5 Å². The van der Waals surface area contributed by atoms with Gasteiger partial charge in [-0.25, -0.2) is 0 Å². The molecule has 1 aliphatic rings. The summed E-state index contributed by atoms with van der Waals surface area (Å²) < 4.78 is 21.8. The number of carbonyl (C=O) groups excluding carboxylic acids is 1. The Kier molecular flexibility index (Phi) is 5.68. The third-order valence-electron chi connectivity index (χ3n) is 3.79. The fourth-order valence-electron chi connectivity index (χ4n) is 2.61. The number of allylic oxidation sites excluding steroid dienone is 1. The molecule has 0 atom stereocenters. The van der Waals surface area contributed by atoms with Crippen LogP contribution in [0, 0.1) is 0 Å². The number of benzene rings is 2. The molecule has 26 heavy (non-hydrogen) atoms. The highest BCUT2D eigenvalue weighted by Gasteiger charge is 2.14. The Morgan fingerprint density at radius 3 is 2.69 bits per heavy atom. The zero-order chi connectivity index (χ0) is 18.5. The molecular weight excluding hydrogens is 356 g/mol. The van der Waals surface area contributed by atoms with Gasteiger partial charge < -0.3 is 18.9 Å². The summed E-state index contributed by atoms with van der Waals surface area (Å²) in [7, 11) is 1.53. The number of methoxy groups -OCH3 is 1. The van der Waals surface area contributed by atoms with Crippen LogP contribution >= 0.6 is 11.6 Å². The van der Waals surface area contributed by atoms with E-state index in [0.717, 1.165) is 5.56 Å². The molecule has 0 bridgehead atoms. The number of hydrogen-bond acceptors (Lipinski definition) is 5. The highest BCUT2D eigenvalue weighted by Crippen LogP contribution is 2.37. The van der Waals surface area contributed by atoms with Gasteiger partial charge in [0.25, 0.3) is 0 Å². The fraction of sp³-hybridized carbons (Fsp3) is 0.250. The van der Waals surface area contributed by atoms with Gasteiger partial charge in [0.2, 0.25) is 0 Å². The number of ketones is 1. The van der Waals surface area contributed by atoms with Crippen LogP contribution in [0.2, 0.25) is 5.02 Å². The number of ether oxygens (including phenoxy) is 4. The molecule has 0 amide bonds. The minimum absolute atomic E-state index is 0.146. The van der Waals surface area contributed by atoms with Crippen LogP contribution in [-0.2, 0) is 0 Å². The average molecular weight is 375 g/mol. The predicted octanol–water partition coefficient (Wildman–Crippen LogP) is 4.41. The van der Waals surface area contributed by atoms with Crippen molar-refractivity contribution in [1.29, 1.82) is 0 Å². The number of rotatable bonds is 6. The van der Waals surface area contributed by atoms with Crippen molar-refractivity contribution in [2.45, 2.75) is 6.92 Å². The number of carbonyl (C=O) groups is 1. The summed E-state index contributed by atoms with van der Waals surface area (Å²) in [4.78, 5) is 12.5. The second kappa shape index (κ2) is 8.15. The van der Waals surface area contributed by atoms with Gasteiger partial charge in [-0.05, 0) is 48.9 Å². The lowest BCUT2D eigenvalue weighted by molar-refractivity contribution is 0.104. The number of fused-ring (bicyclic) bond motifs is 1. The smallest absolute Gasteiger partial charge is 0.185 e. The summed E-state index contributed by atoms with van der Waals surface area (Å²) in [5.74, 6) is 2.10. The zero-order valence-electron chi connectivity index (χ0n) is 14.6. The van der Waals surface area contributed by atoms with E-state index in [0.29, 0.717) is 53.4 Å². The molecule has 3 rings (SSSR count). The van der Waals surface area contributed by atoms with Crippen molar-refractivity contribution in [2.75, 3.05) is 26.9 Å². The Hall–Kier alpha value is -2.66. The van der Waals surface area contributed by atoms with E-state index in [9.17, 15) is 4.79 Å². The average Bonchev–Trinajstić information content (AvgIpc) is 2.66. The lowest BCUT2D eigenvalue weighted by atomic mass is 10.1. The standard InChI is InChI=1S/C20H19ClO5/c1-3-24-19-11-13(10-15(21)20(19)23-2)4-6-16(22)14-5-7-17-18(12-14)26-9-8-25-17/h4-7,10-12H,3,8-9H2,1-2H3. The van der Waals surface area contributed by atoms with E-state index >= 15 is 0 Å². The molecule has 0 aromatic heterocycles. The van der Waals surface area contributed by atoms with Crippen LogP contribution in [0.3, 0.4) is 0 Å². The molecule has 0 saturated carbocycles. The Bertz CT molecular complexity index is 844. The molecule has 2 aromatic carbocycles. The molecular formula is C20H19ClO5. The van der Waals surface area contributed by atoms with Gasteiger partial charge in [-0.3, -0.25) is 4.79 Å². The molecule has 1 aliphatic heterocycles. The molecule has 0 N–H and O–H groups in total. The monoisotopic (exact) mass is 374 g/mol. The number of hydrogen-bond donors (Lipinski definition) is 0. The maximum Gasteiger partial charge on any atom is 0.185 e. The third-order valence-corrected chi connectivity index (χ3v) is 4.07. The largest absolute Gasteiger partial charge is 0.491 e. The van der Waals surface area contributed by atoms with E-state index in [2.05, 4.69) is 0 Å². The predicted molar refractivity (Wildman–Crippen MR) is 100.0 cm³/mol. The van der Waals surface area contributed by atoms with E-state index in [4.69, 9.17) is 30.5 Å². The van der Waals surface area contributed by atoms with E-state index in [1.807, 2.05) is 6.92 Å². The van der Waals surface area contributed by atoms with Crippen LogP contribution in [0.4, 0.5) is 0 Å². The Balaban J connectivity index is 1.82. The fourth-order valence-corrected chi connectivity index (χ4v) is 2.91. The maximum atomic E-state index is 12.5. The van der Waals surface area contributed by atoms with Crippen LogP contribution in [0.1, 0.15) is 22.8 Å². The highest BCUT2D eigenvalue weighted by molar-refractivity contribution is 6.32. The summed E-state index contributed by atoms with van der Waals surface area (Å²) in [6.07, 6.45) is 3.17. The van der Waals surface area contributed by atoms with Crippen molar-refractivity contribution in [1.82, 2.24) is 0 Å². The Morgan fingerprint density at radius 1 is 1.19 bits per heavy atom. The normalized spacial score (nSPS) is 12.9. The van der Waals surface area contributed by atoms with Crippen molar-refractivity contribution in [2.24, 2.45) is 0 Å². The lowest BCUT2D eigenvalue weighted by Crippen LogP contribution is -2.15. The molecule has 0 saturated heterocycles. The Morgan fingerprint density at radius 2 is 1.96 bits per heavy atom. The van der Waals surface area contributed by atoms with Gasteiger partial charge in [0.05, 0.1) is 18.7 Å². The van der Waals surface area contributed by atoms with Crippen LogP contribution < -0.4 is 18.9 Å². The summed E-state index contributed by atoms with van der Waals surface area (Å²) in [5.41, 5.74) is 1.26. The van der Waals surface area contributed by atoms with Gasteiger partial charge in [0, 0.05) is 5.56 Å². The summed E-state index contributed by atoms with van der Waals surface area (Å²) in [5, 5.41) is 0.421. The van der Waals surface area contributed by atoms with Crippen molar-refractivity contribution in [3.8, 4) is 23.0 Å². The van der Waals surface area contributed by atoms with E-state index in [-0.39, 0.29) is 5.78 Å². The molecule has 0 radical (unpaired) electrons. The summed E-state index contributed by atoms with van der Waals surface area (Å²) >= 11 is 6.23. The van der Waals surface area contributed by atoms with Crippen molar-refractivity contribution in [3.63, 3.8) is 0 Å². The van der Waals surface area contributed by atoms with Crippen LogP contribution in [0.5, 0.6) is 23.0 Å². The van der Waals surface area contributed by atoms with Crippen molar-refractivity contribution in [3.05, 3.63) is 52.6 Å². The van der Waals surface area contributed by atoms with Gasteiger partial charge in [0.1, 0.15) is 13.2 Å². The summed E-state index contributed by atoms with van der Waals surface area (Å²) in [6.45, 7) is 3.35. The van der Waals surface area contributed by atoms with Crippen molar-refractivity contribution < 1.29 is 23.7 Å². The first kappa shape index (κ1) is 18.1. The number of halogens is 1. The van der Waals surface area contributed by atoms with Gasteiger partial charge in [0.15, 0.2) is 28.8 Å². The van der Waals surface area contributed by atoms with E-state index in [1.54, 1.807) is 36.4 Å². The minimum Gasteiger partial charge on any atom is -0.491 e. The molecule has 1 heterocycles. The van der Waals surface area contributed by atoms with Crippen LogP contribution in [-0.4, -0.2) is 32.7 Å². The second-order valence-electron chi connectivity index (χ2n) is 5.52. The van der Waals surface area contributed by atoms with Gasteiger partial charge in [-0.1, -0.05) is 17.7 Å². The minimum atomic E-state index is -0.146. The van der Waals surface area contributed by atoms with Crippen LogP contribution in [0.15, 0.2) is 36.4 Å².